The predicted octanol–water partition coefficient (Wildman–Crippen LogP) is 6.63. The highest BCUT2D eigenvalue weighted by atomic mass is 19.3. The molecule has 184 valence electrons. The number of halogens is 3. The SMILES string of the molecule is CCC(c1ccc(F)cc1)n1cc(C(F)F)cc2c(-c3ccc(-n4cnc(C)c4)c(OC)c3)nnc1-2. The summed E-state index contributed by atoms with van der Waals surface area (Å²) in [5, 5.41) is 8.77. The second-order valence-corrected chi connectivity index (χ2v) is 8.55. The number of nitrogens with zero attached hydrogens (tertiary/aromatic N) is 5. The summed E-state index contributed by atoms with van der Waals surface area (Å²) < 4.78 is 50.6. The van der Waals surface area contributed by atoms with Gasteiger partial charge in [0.1, 0.15) is 17.3 Å². The average Bonchev–Trinajstić information content (AvgIpc) is 3.51. The molecule has 0 radical (unpaired) electrons. The Bertz CT molecular complexity index is 1480. The van der Waals surface area contributed by atoms with Crippen LogP contribution in [0.2, 0.25) is 0 Å². The molecule has 0 aliphatic carbocycles. The minimum atomic E-state index is -2.68. The van der Waals surface area contributed by atoms with E-state index in [1.165, 1.54) is 24.4 Å². The van der Waals surface area contributed by atoms with E-state index in [0.29, 0.717) is 34.8 Å². The number of pyridine rings is 1. The van der Waals surface area contributed by atoms with Crippen molar-refractivity contribution in [2.24, 2.45) is 0 Å². The fourth-order valence-electron chi connectivity index (χ4n) is 4.50. The standard InChI is InChI=1S/C27H24F3N5O/c1-4-22(17-5-8-20(28)9-6-17)35-14-19(26(29)30)11-21-25(32-33-27(21)35)18-7-10-23(24(12-18)36-3)34-13-16(2)31-15-34/h5-15,22,26H,4H2,1-3H3. The summed E-state index contributed by atoms with van der Waals surface area (Å²) in [6.07, 6.45) is 2.90. The summed E-state index contributed by atoms with van der Waals surface area (Å²) in [7, 11) is 1.57. The zero-order valence-electron chi connectivity index (χ0n) is 20.0. The third-order valence-corrected chi connectivity index (χ3v) is 6.26. The van der Waals surface area contributed by atoms with Crippen LogP contribution in [-0.2, 0) is 0 Å². The lowest BCUT2D eigenvalue weighted by molar-refractivity contribution is 0.150. The number of hydrogen-bond donors (Lipinski definition) is 0. The number of hydrogen-bond acceptors (Lipinski definition) is 4. The van der Waals surface area contributed by atoms with E-state index in [0.717, 1.165) is 16.9 Å². The Hall–Kier alpha value is -4.14. The molecule has 6 nitrogen and oxygen atoms in total. The monoisotopic (exact) mass is 491 g/mol. The summed E-state index contributed by atoms with van der Waals surface area (Å²) in [5.74, 6) is 0.694. The summed E-state index contributed by atoms with van der Waals surface area (Å²) in [6.45, 7) is 3.84. The van der Waals surface area contributed by atoms with Crippen LogP contribution in [0.1, 0.15) is 42.6 Å². The van der Waals surface area contributed by atoms with Crippen molar-refractivity contribution in [3.63, 3.8) is 0 Å². The van der Waals surface area contributed by atoms with Gasteiger partial charge >= 0.3 is 0 Å². The maximum absolute atomic E-state index is 14.0. The molecular formula is C27H24F3N5O. The Morgan fingerprint density at radius 1 is 0.972 bits per heavy atom. The van der Waals surface area contributed by atoms with Gasteiger partial charge in [-0.15, -0.1) is 10.2 Å². The molecule has 0 fully saturated rings. The molecule has 0 bridgehead atoms. The molecule has 9 heteroatoms. The molecule has 36 heavy (non-hydrogen) atoms. The minimum Gasteiger partial charge on any atom is -0.495 e. The van der Waals surface area contributed by atoms with E-state index in [-0.39, 0.29) is 17.4 Å². The van der Waals surface area contributed by atoms with E-state index < -0.39 is 6.43 Å². The molecule has 0 spiro atoms. The van der Waals surface area contributed by atoms with Gasteiger partial charge < -0.3 is 13.9 Å². The van der Waals surface area contributed by atoms with Crippen LogP contribution in [0.4, 0.5) is 13.2 Å². The zero-order chi connectivity index (χ0) is 25.4. The third-order valence-electron chi connectivity index (χ3n) is 6.26. The van der Waals surface area contributed by atoms with Crippen LogP contribution in [0.5, 0.6) is 5.75 Å². The summed E-state index contributed by atoms with van der Waals surface area (Å²) >= 11 is 0. The highest BCUT2D eigenvalue weighted by molar-refractivity contribution is 5.80. The van der Waals surface area contributed by atoms with Gasteiger partial charge in [-0.3, -0.25) is 0 Å². The van der Waals surface area contributed by atoms with Crippen molar-refractivity contribution >= 4 is 0 Å². The molecule has 5 rings (SSSR count). The van der Waals surface area contributed by atoms with Gasteiger partial charge in [0.2, 0.25) is 0 Å². The largest absolute Gasteiger partial charge is 0.495 e. The Morgan fingerprint density at radius 3 is 2.39 bits per heavy atom. The number of aryl methyl sites for hydroxylation is 1. The minimum absolute atomic E-state index is 0.142. The number of fused-ring (bicyclic) bond motifs is 1. The first-order valence-corrected chi connectivity index (χ1v) is 11.5. The van der Waals surface area contributed by atoms with E-state index in [4.69, 9.17) is 4.74 Å². The molecule has 3 aromatic rings. The highest BCUT2D eigenvalue weighted by Crippen LogP contribution is 2.39. The molecule has 0 N–H and O–H groups in total. The van der Waals surface area contributed by atoms with Crippen molar-refractivity contribution < 1.29 is 17.9 Å². The molecule has 0 saturated heterocycles. The zero-order valence-corrected chi connectivity index (χ0v) is 20.0. The number of alkyl halides is 2. The second kappa shape index (κ2) is 9.49. The highest BCUT2D eigenvalue weighted by Gasteiger charge is 2.26. The van der Waals surface area contributed by atoms with Gasteiger partial charge in [0.15, 0.2) is 5.82 Å². The quantitative estimate of drug-likeness (QED) is 0.256. The lowest BCUT2D eigenvalue weighted by Gasteiger charge is -2.23. The topological polar surface area (TPSA) is 57.8 Å². The molecule has 2 aliphatic rings. The molecular weight excluding hydrogens is 467 g/mol. The molecule has 0 saturated carbocycles. The molecule has 3 heterocycles. The van der Waals surface area contributed by atoms with E-state index in [9.17, 15) is 13.2 Å². The van der Waals surface area contributed by atoms with Crippen LogP contribution in [0.3, 0.4) is 0 Å². The van der Waals surface area contributed by atoms with Gasteiger partial charge in [0, 0.05) is 29.1 Å². The van der Waals surface area contributed by atoms with Gasteiger partial charge in [-0.2, -0.15) is 0 Å². The fraction of sp³-hybridized carbons (Fsp3) is 0.222. The molecule has 1 atom stereocenters. The smallest absolute Gasteiger partial charge is 0.265 e. The molecule has 2 aromatic carbocycles. The maximum Gasteiger partial charge on any atom is 0.265 e. The molecule has 1 unspecified atom stereocenters. The number of imidazole rings is 1. The first kappa shape index (κ1) is 23.6. The molecule has 1 aromatic heterocycles. The van der Waals surface area contributed by atoms with Crippen molar-refractivity contribution in [3.8, 4) is 34.1 Å². The Balaban J connectivity index is 1.63. The van der Waals surface area contributed by atoms with Crippen LogP contribution in [0.15, 0.2) is 67.3 Å². The van der Waals surface area contributed by atoms with Crippen LogP contribution in [0, 0.1) is 12.7 Å². The van der Waals surface area contributed by atoms with E-state index in [2.05, 4.69) is 15.2 Å². The third kappa shape index (κ3) is 4.21. The maximum atomic E-state index is 14.0. The summed E-state index contributed by atoms with van der Waals surface area (Å²) in [5.41, 5.74) is 3.96. The van der Waals surface area contributed by atoms with Gasteiger partial charge in [-0.25, -0.2) is 18.2 Å². The van der Waals surface area contributed by atoms with Crippen molar-refractivity contribution in [2.45, 2.75) is 32.7 Å². The van der Waals surface area contributed by atoms with Crippen LogP contribution < -0.4 is 4.74 Å². The van der Waals surface area contributed by atoms with E-state index in [1.54, 1.807) is 30.1 Å². The summed E-state index contributed by atoms with van der Waals surface area (Å²) in [6, 6.07) is 12.7. The molecule has 0 amide bonds. The summed E-state index contributed by atoms with van der Waals surface area (Å²) in [4.78, 5) is 4.26. The number of benzene rings is 2. The number of aromatic nitrogens is 5. The Labute approximate surface area is 206 Å². The van der Waals surface area contributed by atoms with Gasteiger partial charge in [-0.05, 0) is 49.2 Å². The fourth-order valence-corrected chi connectivity index (χ4v) is 4.50. The lowest BCUT2D eigenvalue weighted by atomic mass is 10.00. The van der Waals surface area contributed by atoms with Crippen LogP contribution in [0.25, 0.3) is 28.3 Å². The normalized spacial score (nSPS) is 12.4. The van der Waals surface area contributed by atoms with Crippen molar-refractivity contribution in [1.82, 2.24) is 24.3 Å². The van der Waals surface area contributed by atoms with Crippen molar-refractivity contribution in [1.29, 1.82) is 0 Å². The van der Waals surface area contributed by atoms with Gasteiger partial charge in [-0.1, -0.05) is 25.1 Å². The lowest BCUT2D eigenvalue weighted by Crippen LogP contribution is -2.14. The van der Waals surface area contributed by atoms with Crippen molar-refractivity contribution in [2.75, 3.05) is 7.11 Å². The number of methoxy groups -OCH3 is 1. The first-order chi connectivity index (χ1) is 17.4. The van der Waals surface area contributed by atoms with Crippen LogP contribution >= 0.6 is 0 Å². The first-order valence-electron chi connectivity index (χ1n) is 11.5. The van der Waals surface area contributed by atoms with Crippen LogP contribution in [-0.4, -0.2) is 31.4 Å². The molecule has 2 aliphatic heterocycles. The van der Waals surface area contributed by atoms with Crippen molar-refractivity contribution in [3.05, 3.63) is 89.9 Å². The van der Waals surface area contributed by atoms with E-state index >= 15 is 0 Å². The predicted molar refractivity (Wildman–Crippen MR) is 130 cm³/mol. The van der Waals surface area contributed by atoms with E-state index in [1.807, 2.05) is 42.8 Å². The van der Waals surface area contributed by atoms with Gasteiger partial charge in [0.25, 0.3) is 6.43 Å². The number of rotatable bonds is 7. The van der Waals surface area contributed by atoms with Gasteiger partial charge in [0.05, 0.1) is 30.9 Å². The Morgan fingerprint density at radius 2 is 1.75 bits per heavy atom. The Kier molecular flexibility index (Phi) is 6.22. The number of ether oxygens (including phenoxy) is 1. The average molecular weight is 492 g/mol. The second-order valence-electron chi connectivity index (χ2n) is 8.55.